The van der Waals surface area contributed by atoms with Crippen LogP contribution in [0.15, 0.2) is 71.6 Å². The van der Waals surface area contributed by atoms with Crippen LogP contribution >= 0.6 is 0 Å². The molecule has 1 N–H and O–H groups in total. The quantitative estimate of drug-likeness (QED) is 0.320. The van der Waals surface area contributed by atoms with E-state index in [9.17, 15) is 18.0 Å². The third-order valence-electron chi connectivity index (χ3n) is 7.19. The molecule has 0 spiro atoms. The number of sulfonamides is 1. The average Bonchev–Trinajstić information content (AvgIpc) is 2.94. The van der Waals surface area contributed by atoms with Crippen LogP contribution in [0.25, 0.3) is 0 Å². The largest absolute Gasteiger partial charge is 0.497 e. The van der Waals surface area contributed by atoms with Gasteiger partial charge >= 0.3 is 0 Å². The number of carbonyl (C=O) groups is 2. The van der Waals surface area contributed by atoms with E-state index in [2.05, 4.69) is 5.32 Å². The van der Waals surface area contributed by atoms with Gasteiger partial charge in [-0.2, -0.15) is 0 Å². The Hall–Kier alpha value is -3.85. The van der Waals surface area contributed by atoms with E-state index < -0.39 is 28.5 Å². The lowest BCUT2D eigenvalue weighted by Gasteiger charge is -2.33. The minimum absolute atomic E-state index is 0.0727. The van der Waals surface area contributed by atoms with Crippen LogP contribution in [0.1, 0.15) is 49.4 Å². The lowest BCUT2D eigenvalue weighted by atomic mass is 10.1. The Kier molecular flexibility index (Phi) is 10.6. The molecule has 8 nitrogen and oxygen atoms in total. The topological polar surface area (TPSA) is 96.0 Å². The number of rotatable bonds is 12. The summed E-state index contributed by atoms with van der Waals surface area (Å²) in [4.78, 5) is 28.8. The summed E-state index contributed by atoms with van der Waals surface area (Å²) in [6.07, 6.45) is 0.736. The van der Waals surface area contributed by atoms with E-state index in [1.807, 2.05) is 58.9 Å². The maximum absolute atomic E-state index is 14.1. The van der Waals surface area contributed by atoms with Crippen LogP contribution < -0.4 is 14.4 Å². The Morgan fingerprint density at radius 2 is 1.51 bits per heavy atom. The number of amides is 2. The van der Waals surface area contributed by atoms with Crippen molar-refractivity contribution in [3.63, 3.8) is 0 Å². The van der Waals surface area contributed by atoms with Gasteiger partial charge in [0.2, 0.25) is 11.8 Å². The second-order valence-electron chi connectivity index (χ2n) is 10.5. The molecule has 0 saturated heterocycles. The van der Waals surface area contributed by atoms with Crippen molar-refractivity contribution in [3.8, 4) is 5.75 Å². The number of hydrogen-bond donors (Lipinski definition) is 1. The van der Waals surface area contributed by atoms with Crippen LogP contribution in [0.2, 0.25) is 0 Å². The minimum Gasteiger partial charge on any atom is -0.497 e. The number of ether oxygens (including phenoxy) is 1. The zero-order valence-corrected chi connectivity index (χ0v) is 25.8. The fourth-order valence-corrected chi connectivity index (χ4v) is 5.89. The molecule has 0 unspecified atom stereocenters. The SMILES string of the molecule is CC[C@@H](C)NC(=O)[C@H](C)N(Cc1ccc(OC)cc1)C(=O)CN(c1ccc(C)cc1C)S(=O)(=O)c1ccc(C)cc1. The monoisotopic (exact) mass is 579 g/mol. The van der Waals surface area contributed by atoms with Crippen molar-refractivity contribution in [2.45, 2.75) is 71.5 Å². The molecule has 0 saturated carbocycles. The normalized spacial score (nSPS) is 12.8. The maximum atomic E-state index is 14.1. The maximum Gasteiger partial charge on any atom is 0.264 e. The summed E-state index contributed by atoms with van der Waals surface area (Å²) in [6, 6.07) is 18.3. The Morgan fingerprint density at radius 1 is 0.902 bits per heavy atom. The number of nitrogens with one attached hydrogen (secondary N) is 1. The second-order valence-corrected chi connectivity index (χ2v) is 12.3. The highest BCUT2D eigenvalue weighted by atomic mass is 32.2. The number of methoxy groups -OCH3 is 1. The molecule has 3 aromatic carbocycles. The summed E-state index contributed by atoms with van der Waals surface area (Å²) in [7, 11) is -2.55. The van der Waals surface area contributed by atoms with E-state index in [4.69, 9.17) is 4.74 Å². The first kappa shape index (κ1) is 31.7. The van der Waals surface area contributed by atoms with Crippen molar-refractivity contribution >= 4 is 27.5 Å². The molecule has 0 bridgehead atoms. The van der Waals surface area contributed by atoms with Crippen molar-refractivity contribution < 1.29 is 22.7 Å². The van der Waals surface area contributed by atoms with Gasteiger partial charge in [-0.25, -0.2) is 8.42 Å². The molecule has 3 aromatic rings. The number of carbonyl (C=O) groups excluding carboxylic acids is 2. The van der Waals surface area contributed by atoms with E-state index in [0.717, 1.165) is 33.0 Å². The van der Waals surface area contributed by atoms with Crippen LogP contribution in [0, 0.1) is 20.8 Å². The van der Waals surface area contributed by atoms with E-state index >= 15 is 0 Å². The Morgan fingerprint density at radius 3 is 2.07 bits per heavy atom. The van der Waals surface area contributed by atoms with Gasteiger partial charge in [0.15, 0.2) is 0 Å². The molecule has 0 aliphatic carbocycles. The van der Waals surface area contributed by atoms with Gasteiger partial charge in [0.25, 0.3) is 10.0 Å². The fourth-order valence-electron chi connectivity index (χ4n) is 4.41. The first-order valence-corrected chi connectivity index (χ1v) is 15.2. The third kappa shape index (κ3) is 7.88. The molecule has 0 radical (unpaired) electrons. The summed E-state index contributed by atoms with van der Waals surface area (Å²) >= 11 is 0. The Labute approximate surface area is 244 Å². The van der Waals surface area contributed by atoms with E-state index in [0.29, 0.717) is 11.4 Å². The first-order valence-electron chi connectivity index (χ1n) is 13.8. The van der Waals surface area contributed by atoms with Gasteiger partial charge < -0.3 is 15.0 Å². The zero-order valence-electron chi connectivity index (χ0n) is 25.0. The summed E-state index contributed by atoms with van der Waals surface area (Å²) in [5.74, 6) is -0.136. The van der Waals surface area contributed by atoms with Crippen LogP contribution in [-0.4, -0.2) is 50.9 Å². The fraction of sp³-hybridized carbons (Fsp3) is 0.375. The number of aryl methyl sites for hydroxylation is 3. The van der Waals surface area contributed by atoms with Gasteiger partial charge in [0, 0.05) is 12.6 Å². The molecule has 2 atom stereocenters. The third-order valence-corrected chi connectivity index (χ3v) is 8.96. The van der Waals surface area contributed by atoms with Crippen molar-refractivity contribution in [3.05, 3.63) is 89.0 Å². The lowest BCUT2D eigenvalue weighted by Crippen LogP contribution is -2.52. The van der Waals surface area contributed by atoms with Gasteiger partial charge in [-0.05, 0) is 82.5 Å². The molecule has 0 fully saturated rings. The molecule has 41 heavy (non-hydrogen) atoms. The summed E-state index contributed by atoms with van der Waals surface area (Å²) in [5, 5.41) is 2.95. The molecule has 9 heteroatoms. The van der Waals surface area contributed by atoms with Gasteiger partial charge in [0.1, 0.15) is 18.3 Å². The summed E-state index contributed by atoms with van der Waals surface area (Å²) < 4.78 is 34.4. The number of hydrogen-bond acceptors (Lipinski definition) is 5. The van der Waals surface area contributed by atoms with Gasteiger partial charge in [-0.1, -0.05) is 54.4 Å². The highest BCUT2D eigenvalue weighted by molar-refractivity contribution is 7.92. The molecule has 3 rings (SSSR count). The zero-order chi connectivity index (χ0) is 30.3. The van der Waals surface area contributed by atoms with Crippen LogP contribution in [-0.2, 0) is 26.2 Å². The standard InChI is InChI=1S/C32H41N3O5S/c1-8-25(5)33-32(37)26(6)34(20-27-12-14-28(40-7)15-13-27)31(36)21-35(30-18-11-23(3)19-24(30)4)41(38,39)29-16-9-22(2)10-17-29/h9-19,25-26H,8,20-21H2,1-7H3,(H,33,37)/t25-,26+/m1/s1. The van der Waals surface area contributed by atoms with Crippen molar-refractivity contribution in [1.29, 1.82) is 0 Å². The lowest BCUT2D eigenvalue weighted by molar-refractivity contribution is -0.139. The molecule has 0 aliphatic rings. The predicted octanol–water partition coefficient (Wildman–Crippen LogP) is 5.15. The van der Waals surface area contributed by atoms with Crippen molar-refractivity contribution in [2.24, 2.45) is 0 Å². The highest BCUT2D eigenvalue weighted by Gasteiger charge is 2.33. The second kappa shape index (κ2) is 13.7. The summed E-state index contributed by atoms with van der Waals surface area (Å²) in [6.45, 7) is 10.8. The molecule has 2 amide bonds. The van der Waals surface area contributed by atoms with Crippen LogP contribution in [0.4, 0.5) is 5.69 Å². The number of anilines is 1. The highest BCUT2D eigenvalue weighted by Crippen LogP contribution is 2.28. The van der Waals surface area contributed by atoms with E-state index in [-0.39, 0.29) is 23.4 Å². The van der Waals surface area contributed by atoms with E-state index in [1.165, 1.54) is 4.90 Å². The first-order chi connectivity index (χ1) is 19.4. The van der Waals surface area contributed by atoms with Crippen LogP contribution in [0.5, 0.6) is 5.75 Å². The Bertz CT molecular complexity index is 1450. The average molecular weight is 580 g/mol. The predicted molar refractivity (Wildman–Crippen MR) is 163 cm³/mol. The van der Waals surface area contributed by atoms with Gasteiger partial charge in [-0.3, -0.25) is 13.9 Å². The molecular weight excluding hydrogens is 538 g/mol. The molecular formula is C32H41N3O5S. The molecule has 220 valence electrons. The minimum atomic E-state index is -4.12. The van der Waals surface area contributed by atoms with Gasteiger partial charge in [0.05, 0.1) is 17.7 Å². The number of benzene rings is 3. The van der Waals surface area contributed by atoms with E-state index in [1.54, 1.807) is 56.5 Å². The molecule has 0 aromatic heterocycles. The van der Waals surface area contributed by atoms with Crippen LogP contribution in [0.3, 0.4) is 0 Å². The Balaban J connectivity index is 2.05. The molecule has 0 heterocycles. The smallest absolute Gasteiger partial charge is 0.264 e. The molecule has 0 aliphatic heterocycles. The van der Waals surface area contributed by atoms with Crippen molar-refractivity contribution in [1.82, 2.24) is 10.2 Å². The summed E-state index contributed by atoms with van der Waals surface area (Å²) in [5.41, 5.74) is 3.80. The van der Waals surface area contributed by atoms with Crippen molar-refractivity contribution in [2.75, 3.05) is 18.0 Å². The van der Waals surface area contributed by atoms with Gasteiger partial charge in [-0.15, -0.1) is 0 Å². The number of nitrogens with zero attached hydrogens (tertiary/aromatic N) is 2.